The number of fused-ring (bicyclic) bond motifs is 1. The lowest BCUT2D eigenvalue weighted by molar-refractivity contribution is 0.299. The van der Waals surface area contributed by atoms with Crippen molar-refractivity contribution < 1.29 is 5.11 Å². The number of hydrogen-bond acceptors (Lipinski definition) is 4. The zero-order valence-electron chi connectivity index (χ0n) is 12.4. The molecule has 4 aromatic rings. The summed E-state index contributed by atoms with van der Waals surface area (Å²) in [4.78, 5) is 8.89. The van der Waals surface area contributed by atoms with Crippen molar-refractivity contribution in [3.05, 3.63) is 66.9 Å². The monoisotopic (exact) mass is 305 g/mol. The van der Waals surface area contributed by atoms with Crippen molar-refractivity contribution in [3.8, 4) is 17.1 Å². The summed E-state index contributed by atoms with van der Waals surface area (Å²) in [6.07, 6.45) is 9.65. The SMILES string of the molecule is OCCc1ccccc1-n1ccnc1-c1cnn2cccnc12. The van der Waals surface area contributed by atoms with Gasteiger partial charge in [-0.15, -0.1) is 0 Å². The first-order valence-electron chi connectivity index (χ1n) is 7.39. The maximum Gasteiger partial charge on any atom is 0.165 e. The van der Waals surface area contributed by atoms with Gasteiger partial charge in [-0.1, -0.05) is 18.2 Å². The number of hydrogen-bond donors (Lipinski definition) is 1. The number of aliphatic hydroxyl groups is 1. The number of benzene rings is 1. The van der Waals surface area contributed by atoms with Crippen LogP contribution in [0.5, 0.6) is 0 Å². The Kier molecular flexibility index (Phi) is 3.36. The fourth-order valence-corrected chi connectivity index (χ4v) is 2.76. The molecule has 0 aliphatic heterocycles. The number of aliphatic hydroxyl groups excluding tert-OH is 1. The second-order valence-electron chi connectivity index (χ2n) is 5.17. The smallest absolute Gasteiger partial charge is 0.165 e. The highest BCUT2D eigenvalue weighted by molar-refractivity contribution is 5.73. The highest BCUT2D eigenvalue weighted by Gasteiger charge is 2.15. The average Bonchev–Trinajstić information content (AvgIpc) is 3.22. The van der Waals surface area contributed by atoms with Gasteiger partial charge in [-0.3, -0.25) is 4.57 Å². The molecule has 0 spiro atoms. The summed E-state index contributed by atoms with van der Waals surface area (Å²) < 4.78 is 3.74. The molecule has 0 aliphatic rings. The Hall–Kier alpha value is -2.99. The Labute approximate surface area is 132 Å². The van der Waals surface area contributed by atoms with Gasteiger partial charge in [0.25, 0.3) is 0 Å². The van der Waals surface area contributed by atoms with Crippen LogP contribution in [0.15, 0.2) is 61.3 Å². The number of rotatable bonds is 4. The second-order valence-corrected chi connectivity index (χ2v) is 5.17. The summed E-state index contributed by atoms with van der Waals surface area (Å²) in [6.45, 7) is 0.110. The molecule has 0 fully saturated rings. The Morgan fingerprint density at radius 2 is 1.91 bits per heavy atom. The Bertz CT molecular complexity index is 956. The molecule has 0 unspecified atom stereocenters. The third-order valence-electron chi connectivity index (χ3n) is 3.79. The molecular formula is C17H15N5O. The van der Waals surface area contributed by atoms with Crippen LogP contribution in [-0.2, 0) is 6.42 Å². The van der Waals surface area contributed by atoms with E-state index in [2.05, 4.69) is 15.1 Å². The lowest BCUT2D eigenvalue weighted by Gasteiger charge is -2.12. The molecule has 4 rings (SSSR count). The summed E-state index contributed by atoms with van der Waals surface area (Å²) in [7, 11) is 0. The minimum absolute atomic E-state index is 0.110. The topological polar surface area (TPSA) is 68.2 Å². The lowest BCUT2D eigenvalue weighted by atomic mass is 10.1. The number of para-hydroxylation sites is 1. The van der Waals surface area contributed by atoms with Crippen LogP contribution >= 0.6 is 0 Å². The average molecular weight is 305 g/mol. The normalized spacial score (nSPS) is 11.2. The highest BCUT2D eigenvalue weighted by Crippen LogP contribution is 2.26. The van der Waals surface area contributed by atoms with Crippen molar-refractivity contribution in [1.82, 2.24) is 24.1 Å². The quantitative estimate of drug-likeness (QED) is 0.627. The fraction of sp³-hybridized carbons (Fsp3) is 0.118. The third kappa shape index (κ3) is 2.29. The summed E-state index contributed by atoms with van der Waals surface area (Å²) >= 11 is 0. The van der Waals surface area contributed by atoms with E-state index in [1.54, 1.807) is 23.1 Å². The van der Waals surface area contributed by atoms with Crippen molar-refractivity contribution >= 4 is 5.65 Å². The molecule has 23 heavy (non-hydrogen) atoms. The van der Waals surface area contributed by atoms with Crippen LogP contribution in [0.2, 0.25) is 0 Å². The van der Waals surface area contributed by atoms with E-state index >= 15 is 0 Å². The van der Waals surface area contributed by atoms with E-state index in [0.29, 0.717) is 6.42 Å². The van der Waals surface area contributed by atoms with Crippen LogP contribution in [0.1, 0.15) is 5.56 Å². The Balaban J connectivity index is 1.90. The minimum atomic E-state index is 0.110. The zero-order valence-corrected chi connectivity index (χ0v) is 12.4. The summed E-state index contributed by atoms with van der Waals surface area (Å²) in [5.74, 6) is 0.782. The largest absolute Gasteiger partial charge is 0.396 e. The summed E-state index contributed by atoms with van der Waals surface area (Å²) in [5.41, 5.74) is 3.71. The van der Waals surface area contributed by atoms with Gasteiger partial charge in [-0.05, 0) is 24.1 Å². The van der Waals surface area contributed by atoms with E-state index in [9.17, 15) is 5.11 Å². The van der Waals surface area contributed by atoms with Crippen molar-refractivity contribution in [2.75, 3.05) is 6.61 Å². The van der Waals surface area contributed by atoms with Gasteiger partial charge in [-0.25, -0.2) is 14.5 Å². The van der Waals surface area contributed by atoms with Gasteiger partial charge in [-0.2, -0.15) is 5.10 Å². The molecule has 0 bridgehead atoms. The van der Waals surface area contributed by atoms with Gasteiger partial charge >= 0.3 is 0 Å². The standard InChI is InChI=1S/C17H15N5O/c23-11-6-13-4-1-2-5-15(13)21-10-8-19-16(21)14-12-20-22-9-3-7-18-17(14)22/h1-5,7-10,12,23H,6,11H2. The second kappa shape index (κ2) is 5.66. The predicted molar refractivity (Wildman–Crippen MR) is 86.3 cm³/mol. The third-order valence-corrected chi connectivity index (χ3v) is 3.79. The summed E-state index contributed by atoms with van der Waals surface area (Å²) in [6, 6.07) is 9.84. The molecule has 114 valence electrons. The molecule has 3 heterocycles. The predicted octanol–water partition coefficient (Wildman–Crippen LogP) is 2.12. The maximum absolute atomic E-state index is 9.29. The maximum atomic E-state index is 9.29. The number of nitrogens with zero attached hydrogens (tertiary/aromatic N) is 5. The van der Waals surface area contributed by atoms with E-state index in [-0.39, 0.29) is 6.61 Å². The van der Waals surface area contributed by atoms with Crippen LogP contribution in [0.25, 0.3) is 22.7 Å². The first kappa shape index (κ1) is 13.7. The Morgan fingerprint density at radius 3 is 2.83 bits per heavy atom. The Morgan fingerprint density at radius 1 is 1.00 bits per heavy atom. The minimum Gasteiger partial charge on any atom is -0.396 e. The molecule has 0 amide bonds. The fourth-order valence-electron chi connectivity index (χ4n) is 2.76. The van der Waals surface area contributed by atoms with E-state index in [4.69, 9.17) is 0 Å². The molecule has 0 saturated heterocycles. The van der Waals surface area contributed by atoms with Gasteiger partial charge in [0, 0.05) is 31.4 Å². The lowest BCUT2D eigenvalue weighted by Crippen LogP contribution is -2.02. The van der Waals surface area contributed by atoms with Crippen LogP contribution in [-0.4, -0.2) is 35.9 Å². The molecule has 0 radical (unpaired) electrons. The van der Waals surface area contributed by atoms with Gasteiger partial charge in [0.2, 0.25) is 0 Å². The van der Waals surface area contributed by atoms with E-state index in [1.165, 1.54) is 0 Å². The van der Waals surface area contributed by atoms with E-state index in [1.807, 2.05) is 47.3 Å². The van der Waals surface area contributed by atoms with Gasteiger partial charge in [0.05, 0.1) is 17.4 Å². The molecule has 6 heteroatoms. The molecule has 1 N–H and O–H groups in total. The van der Waals surface area contributed by atoms with Gasteiger partial charge in [0.1, 0.15) is 5.82 Å². The molecule has 1 aromatic carbocycles. The van der Waals surface area contributed by atoms with Crippen LogP contribution in [0.3, 0.4) is 0 Å². The van der Waals surface area contributed by atoms with Crippen molar-refractivity contribution in [1.29, 1.82) is 0 Å². The first-order valence-corrected chi connectivity index (χ1v) is 7.39. The van der Waals surface area contributed by atoms with Crippen LogP contribution < -0.4 is 0 Å². The van der Waals surface area contributed by atoms with Crippen molar-refractivity contribution in [2.45, 2.75) is 6.42 Å². The van der Waals surface area contributed by atoms with Crippen molar-refractivity contribution in [2.24, 2.45) is 0 Å². The molecule has 0 atom stereocenters. The molecular weight excluding hydrogens is 290 g/mol. The van der Waals surface area contributed by atoms with Crippen LogP contribution in [0, 0.1) is 0 Å². The molecule has 3 aromatic heterocycles. The van der Waals surface area contributed by atoms with E-state index < -0.39 is 0 Å². The summed E-state index contributed by atoms with van der Waals surface area (Å²) in [5, 5.41) is 13.6. The van der Waals surface area contributed by atoms with Gasteiger partial charge in [0.15, 0.2) is 5.65 Å². The van der Waals surface area contributed by atoms with E-state index in [0.717, 1.165) is 28.3 Å². The van der Waals surface area contributed by atoms with Crippen LogP contribution in [0.4, 0.5) is 0 Å². The zero-order chi connectivity index (χ0) is 15.6. The molecule has 6 nitrogen and oxygen atoms in total. The van der Waals surface area contributed by atoms with Gasteiger partial charge < -0.3 is 5.11 Å². The molecule has 0 saturated carbocycles. The first-order chi connectivity index (χ1) is 11.4. The van der Waals surface area contributed by atoms with Crippen molar-refractivity contribution in [3.63, 3.8) is 0 Å². The molecule has 0 aliphatic carbocycles. The number of aromatic nitrogens is 5. The highest BCUT2D eigenvalue weighted by atomic mass is 16.2. The number of imidazole rings is 1.